The number of rotatable bonds is 3. The second-order valence-electron chi connectivity index (χ2n) is 5.30. The van der Waals surface area contributed by atoms with E-state index in [1.165, 1.54) is 0 Å². The van der Waals surface area contributed by atoms with Crippen LogP contribution in [0.15, 0.2) is 36.9 Å². The number of hydrogen-bond acceptors (Lipinski definition) is 4. The molecule has 0 aliphatic carbocycles. The van der Waals surface area contributed by atoms with E-state index in [9.17, 15) is 4.79 Å². The van der Waals surface area contributed by atoms with Crippen molar-refractivity contribution < 1.29 is 4.79 Å². The van der Waals surface area contributed by atoms with E-state index in [0.717, 1.165) is 37.2 Å². The highest BCUT2D eigenvalue weighted by molar-refractivity contribution is 5.94. The number of amides is 1. The number of piperidine rings is 1. The Bertz CT molecular complexity index is 599. The van der Waals surface area contributed by atoms with E-state index >= 15 is 0 Å². The van der Waals surface area contributed by atoms with Crippen LogP contribution in [0.5, 0.6) is 0 Å². The molecule has 2 heterocycles. The molecule has 22 heavy (non-hydrogen) atoms. The molecule has 1 aliphatic heterocycles. The molecule has 1 aromatic heterocycles. The van der Waals surface area contributed by atoms with Crippen LogP contribution in [0.4, 0.5) is 0 Å². The Kier molecular flexibility index (Phi) is 5.51. The molecule has 0 bridgehead atoms. The number of nitrogens with zero attached hydrogens (tertiary/aromatic N) is 4. The quantitative estimate of drug-likeness (QED) is 0.931. The predicted octanol–water partition coefficient (Wildman–Crippen LogP) is 1.51. The number of benzene rings is 1. The lowest BCUT2D eigenvalue weighted by molar-refractivity contribution is 0.0698. The van der Waals surface area contributed by atoms with Crippen LogP contribution in [0.1, 0.15) is 23.2 Å². The van der Waals surface area contributed by atoms with Gasteiger partial charge in [-0.25, -0.2) is 0 Å². The number of likely N-dealkylation sites (N-methyl/N-ethyl adjacent to an activating group) is 1. The molecule has 1 aliphatic rings. The van der Waals surface area contributed by atoms with Gasteiger partial charge in [-0.05, 0) is 44.2 Å². The van der Waals surface area contributed by atoms with E-state index in [2.05, 4.69) is 15.5 Å². The highest BCUT2D eigenvalue weighted by atomic mass is 35.5. The molecule has 0 saturated carbocycles. The summed E-state index contributed by atoms with van der Waals surface area (Å²) in [5, 5.41) is 10.8. The summed E-state index contributed by atoms with van der Waals surface area (Å²) in [5.74, 6) is 0.102. The van der Waals surface area contributed by atoms with Crippen LogP contribution in [-0.4, -0.2) is 51.8 Å². The van der Waals surface area contributed by atoms with Crippen molar-refractivity contribution in [2.45, 2.75) is 18.9 Å². The molecular weight excluding hydrogens is 302 g/mol. The maximum Gasteiger partial charge on any atom is 0.253 e. The number of carbonyl (C=O) groups excluding carboxylic acids is 1. The van der Waals surface area contributed by atoms with E-state index < -0.39 is 0 Å². The highest BCUT2D eigenvalue weighted by Crippen LogP contribution is 2.15. The summed E-state index contributed by atoms with van der Waals surface area (Å²) in [4.78, 5) is 14.5. The zero-order valence-electron chi connectivity index (χ0n) is 12.5. The lowest BCUT2D eigenvalue weighted by Gasteiger charge is -2.32. The average Bonchev–Trinajstić information content (AvgIpc) is 3.09. The maximum absolute atomic E-state index is 12.5. The minimum Gasteiger partial charge on any atom is -0.337 e. The lowest BCUT2D eigenvalue weighted by Crippen LogP contribution is -2.46. The molecule has 1 unspecified atom stereocenters. The summed E-state index contributed by atoms with van der Waals surface area (Å²) in [6.45, 7) is 1.62. The molecule has 1 aromatic carbocycles. The molecule has 2 aromatic rings. The average molecular weight is 322 g/mol. The Morgan fingerprint density at radius 3 is 2.55 bits per heavy atom. The number of nitrogens with one attached hydrogen (secondary N) is 1. The van der Waals surface area contributed by atoms with E-state index in [4.69, 9.17) is 0 Å². The van der Waals surface area contributed by atoms with Gasteiger partial charge in [0.1, 0.15) is 12.7 Å². The summed E-state index contributed by atoms with van der Waals surface area (Å²) in [6.07, 6.45) is 5.46. The summed E-state index contributed by atoms with van der Waals surface area (Å²) in [7, 11) is 1.95. The van der Waals surface area contributed by atoms with Gasteiger partial charge in [-0.3, -0.25) is 9.36 Å². The fraction of sp³-hybridized carbons (Fsp3) is 0.400. The maximum atomic E-state index is 12.5. The lowest BCUT2D eigenvalue weighted by atomic mass is 10.0. The zero-order chi connectivity index (χ0) is 14.7. The van der Waals surface area contributed by atoms with Crippen LogP contribution in [-0.2, 0) is 0 Å². The third-order valence-corrected chi connectivity index (χ3v) is 3.95. The van der Waals surface area contributed by atoms with E-state index in [1.54, 1.807) is 12.7 Å². The molecule has 6 nitrogen and oxygen atoms in total. The van der Waals surface area contributed by atoms with Gasteiger partial charge in [0.25, 0.3) is 5.91 Å². The Morgan fingerprint density at radius 2 is 1.91 bits per heavy atom. The SMILES string of the molecule is CNC1CCCN(C(=O)c2ccc(-n3cnnc3)cc2)C1.Cl. The zero-order valence-corrected chi connectivity index (χ0v) is 13.3. The Morgan fingerprint density at radius 1 is 1.23 bits per heavy atom. The first-order valence-electron chi connectivity index (χ1n) is 7.19. The topological polar surface area (TPSA) is 63.1 Å². The van der Waals surface area contributed by atoms with Crippen molar-refractivity contribution in [3.05, 3.63) is 42.5 Å². The van der Waals surface area contributed by atoms with Crippen LogP contribution in [0.2, 0.25) is 0 Å². The van der Waals surface area contributed by atoms with Gasteiger partial charge in [0.15, 0.2) is 0 Å². The van der Waals surface area contributed by atoms with Crippen molar-refractivity contribution in [3.8, 4) is 5.69 Å². The first-order chi connectivity index (χ1) is 10.3. The molecule has 0 spiro atoms. The predicted molar refractivity (Wildman–Crippen MR) is 86.6 cm³/mol. The third kappa shape index (κ3) is 3.45. The molecule has 118 valence electrons. The fourth-order valence-corrected chi connectivity index (χ4v) is 2.69. The molecule has 1 N–H and O–H groups in total. The van der Waals surface area contributed by atoms with Gasteiger partial charge in [-0.1, -0.05) is 0 Å². The molecule has 1 atom stereocenters. The first-order valence-corrected chi connectivity index (χ1v) is 7.19. The normalized spacial score (nSPS) is 17.9. The largest absolute Gasteiger partial charge is 0.337 e. The number of carbonyl (C=O) groups is 1. The molecule has 7 heteroatoms. The van der Waals surface area contributed by atoms with Crippen LogP contribution in [0.25, 0.3) is 5.69 Å². The van der Waals surface area contributed by atoms with Crippen molar-refractivity contribution in [1.82, 2.24) is 25.0 Å². The van der Waals surface area contributed by atoms with Gasteiger partial charge >= 0.3 is 0 Å². The smallest absolute Gasteiger partial charge is 0.253 e. The number of aromatic nitrogens is 3. The number of hydrogen-bond donors (Lipinski definition) is 1. The van der Waals surface area contributed by atoms with Crippen molar-refractivity contribution in [2.24, 2.45) is 0 Å². The van der Waals surface area contributed by atoms with Gasteiger partial charge in [-0.2, -0.15) is 0 Å². The van der Waals surface area contributed by atoms with Crippen molar-refractivity contribution in [1.29, 1.82) is 0 Å². The monoisotopic (exact) mass is 321 g/mol. The summed E-state index contributed by atoms with van der Waals surface area (Å²) in [5.41, 5.74) is 1.67. The van der Waals surface area contributed by atoms with Crippen molar-refractivity contribution in [3.63, 3.8) is 0 Å². The van der Waals surface area contributed by atoms with E-state index in [0.29, 0.717) is 6.04 Å². The van der Waals surface area contributed by atoms with Crippen LogP contribution in [0, 0.1) is 0 Å². The molecule has 1 saturated heterocycles. The molecule has 1 fully saturated rings. The first kappa shape index (κ1) is 16.5. The summed E-state index contributed by atoms with van der Waals surface area (Å²) >= 11 is 0. The second kappa shape index (κ2) is 7.38. The fourth-order valence-electron chi connectivity index (χ4n) is 2.69. The van der Waals surface area contributed by atoms with Crippen molar-refractivity contribution >= 4 is 18.3 Å². The van der Waals surface area contributed by atoms with Gasteiger partial charge < -0.3 is 10.2 Å². The summed E-state index contributed by atoms with van der Waals surface area (Å²) < 4.78 is 1.81. The minimum atomic E-state index is 0. The minimum absolute atomic E-state index is 0. The Labute approximate surface area is 135 Å². The highest BCUT2D eigenvalue weighted by Gasteiger charge is 2.23. The van der Waals surface area contributed by atoms with Gasteiger partial charge in [0.05, 0.1) is 0 Å². The Balaban J connectivity index is 0.00000176. The standard InChI is InChI=1S/C15H19N5O.ClH/c1-16-13-3-2-8-19(9-13)15(21)12-4-6-14(7-5-12)20-10-17-18-11-20;/h4-7,10-11,13,16H,2-3,8-9H2,1H3;1H. The summed E-state index contributed by atoms with van der Waals surface area (Å²) in [6, 6.07) is 7.95. The van der Waals surface area contributed by atoms with E-state index in [1.807, 2.05) is 40.8 Å². The van der Waals surface area contributed by atoms with Gasteiger partial charge in [0.2, 0.25) is 0 Å². The van der Waals surface area contributed by atoms with Crippen molar-refractivity contribution in [2.75, 3.05) is 20.1 Å². The van der Waals surface area contributed by atoms with Crippen LogP contribution < -0.4 is 5.32 Å². The number of likely N-dealkylation sites (tertiary alicyclic amines) is 1. The molecule has 1 amide bonds. The van der Waals surface area contributed by atoms with Gasteiger partial charge in [0, 0.05) is 30.4 Å². The van der Waals surface area contributed by atoms with Crippen LogP contribution >= 0.6 is 12.4 Å². The Hall–Kier alpha value is -1.92. The third-order valence-electron chi connectivity index (χ3n) is 3.95. The van der Waals surface area contributed by atoms with Gasteiger partial charge in [-0.15, -0.1) is 22.6 Å². The molecule has 3 rings (SSSR count). The van der Waals surface area contributed by atoms with Crippen LogP contribution in [0.3, 0.4) is 0 Å². The molecule has 0 radical (unpaired) electrons. The number of halogens is 1. The molecular formula is C15H20ClN5O. The second-order valence-corrected chi connectivity index (χ2v) is 5.30. The van der Waals surface area contributed by atoms with E-state index in [-0.39, 0.29) is 18.3 Å².